The second kappa shape index (κ2) is 36.8. The number of rotatable bonds is 39. The van der Waals surface area contributed by atoms with Crippen LogP contribution in [0.15, 0.2) is 6.20 Å². The maximum Gasteiger partial charge on any atom is 0.306 e. The Labute approximate surface area is 430 Å². The van der Waals surface area contributed by atoms with Gasteiger partial charge in [-0.05, 0) is 19.3 Å². The Morgan fingerprint density at radius 1 is 0.653 bits per heavy atom. The largest absolute Gasteiger partial charge is 0.462 e. The fourth-order valence-corrected chi connectivity index (χ4v) is 9.58. The number of anilines is 1. The molecule has 2 amide bonds. The van der Waals surface area contributed by atoms with E-state index in [1.54, 1.807) is 0 Å². The number of nitrogens with one attached hydrogen (secondary N) is 2. The highest BCUT2D eigenvalue weighted by molar-refractivity contribution is 7.99. The first-order valence-electron chi connectivity index (χ1n) is 26.8. The van der Waals surface area contributed by atoms with Gasteiger partial charge in [0.1, 0.15) is 67.6 Å². The molecule has 1 aromatic heterocycles. The van der Waals surface area contributed by atoms with Crippen molar-refractivity contribution < 1.29 is 78.6 Å². The quantitative estimate of drug-likeness (QED) is 0.0331. The molecule has 2 aliphatic rings. The number of carbonyl (C=O) groups is 4. The van der Waals surface area contributed by atoms with Crippen molar-refractivity contribution in [1.29, 1.82) is 0 Å². The molecule has 9 unspecified atom stereocenters. The number of aliphatic hydroxyl groups excluding tert-OH is 7. The van der Waals surface area contributed by atoms with Crippen LogP contribution in [-0.4, -0.2) is 173 Å². The first-order chi connectivity index (χ1) is 34.8. The molecule has 416 valence electrons. The summed E-state index contributed by atoms with van der Waals surface area (Å²) in [6, 6.07) is -1.11. The summed E-state index contributed by atoms with van der Waals surface area (Å²) in [7, 11) is 0. The van der Waals surface area contributed by atoms with Crippen LogP contribution in [0.4, 0.5) is 5.82 Å². The molecule has 0 aliphatic carbocycles. The van der Waals surface area contributed by atoms with Gasteiger partial charge in [-0.3, -0.25) is 19.2 Å². The minimum Gasteiger partial charge on any atom is -0.462 e. The standard InChI is InChI=1S/C50H89N5O16S/c1-4-7-10-13-16-19-22-25-39(58)51-35(33-72-32-34(68-41(60)27-24-21-18-15-12-9-6-3)31-67-40(59)26-23-20-17-14-11-8-5-2)48(66)52-38-28-55(54-53-38)49-45(64)44(63)47(37(30-57)69-49)71-50-46(65)43(62)42(61)36(29-56)70-50/h28,34-37,42-47,49-50,56-57,61-65H,4-27,29-33H2,1-3H3,(H,51,58)(H,52,66)/t34-,35-,36?,37?,42?,43?,44?,45?,46?,47?,49-,50?/m1/s1. The highest BCUT2D eigenvalue weighted by Gasteiger charge is 2.51. The minimum absolute atomic E-state index is 0.0329. The monoisotopic (exact) mass is 1050 g/mol. The lowest BCUT2D eigenvalue weighted by atomic mass is 9.96. The van der Waals surface area contributed by atoms with E-state index in [4.69, 9.17) is 23.7 Å². The summed E-state index contributed by atoms with van der Waals surface area (Å²) in [5, 5.41) is 86.4. The lowest BCUT2D eigenvalue weighted by molar-refractivity contribution is -0.347. The predicted molar refractivity (Wildman–Crippen MR) is 268 cm³/mol. The van der Waals surface area contributed by atoms with E-state index in [-0.39, 0.29) is 55.1 Å². The van der Waals surface area contributed by atoms with Crippen molar-refractivity contribution >= 4 is 41.3 Å². The smallest absolute Gasteiger partial charge is 0.306 e. The molecule has 2 saturated heterocycles. The van der Waals surface area contributed by atoms with Crippen LogP contribution in [0.1, 0.15) is 181 Å². The summed E-state index contributed by atoms with van der Waals surface area (Å²) in [4.78, 5) is 53.0. The second-order valence-corrected chi connectivity index (χ2v) is 20.2. The van der Waals surface area contributed by atoms with Gasteiger partial charge in [-0.25, -0.2) is 4.68 Å². The van der Waals surface area contributed by atoms with Crippen LogP contribution >= 0.6 is 11.8 Å². The van der Waals surface area contributed by atoms with Gasteiger partial charge >= 0.3 is 11.9 Å². The number of hydrogen-bond donors (Lipinski definition) is 9. The van der Waals surface area contributed by atoms with Crippen LogP contribution in [0.3, 0.4) is 0 Å². The first kappa shape index (κ1) is 63.3. The molecule has 21 nitrogen and oxygen atoms in total. The summed E-state index contributed by atoms with van der Waals surface area (Å²) < 4.78 is 29.3. The topological polar surface area (TPSA) is 311 Å². The van der Waals surface area contributed by atoms with E-state index in [0.717, 1.165) is 101 Å². The number of thioether (sulfide) groups is 1. The highest BCUT2D eigenvalue weighted by atomic mass is 32.2. The van der Waals surface area contributed by atoms with Crippen molar-refractivity contribution in [2.24, 2.45) is 0 Å². The molecule has 0 spiro atoms. The minimum atomic E-state index is -1.84. The fraction of sp³-hybridized carbons (Fsp3) is 0.880. The Hall–Kier alpha value is -3.03. The molecular weight excluding hydrogens is 959 g/mol. The predicted octanol–water partition coefficient (Wildman–Crippen LogP) is 4.11. The van der Waals surface area contributed by atoms with Crippen molar-refractivity contribution in [3.8, 4) is 0 Å². The van der Waals surface area contributed by atoms with E-state index in [0.29, 0.717) is 19.3 Å². The average molecular weight is 1050 g/mol. The third-order valence-corrected chi connectivity index (χ3v) is 14.1. The van der Waals surface area contributed by atoms with Crippen molar-refractivity contribution in [3.63, 3.8) is 0 Å². The Morgan fingerprint density at radius 2 is 1.19 bits per heavy atom. The summed E-state index contributed by atoms with van der Waals surface area (Å²) in [5.74, 6) is -1.71. The SMILES string of the molecule is CCCCCCCCCC(=O)N[C@H](CSC[C@@H](COC(=O)CCCCCCCCC)OC(=O)CCCCCCCCC)C(=O)Nc1cn([C@@H]2OC(CO)C(OC3OC(CO)C(O)C(O)C3O)C(O)C2O)nn1. The summed E-state index contributed by atoms with van der Waals surface area (Å²) in [6.07, 6.45) is 6.23. The van der Waals surface area contributed by atoms with Gasteiger partial charge < -0.3 is 70.1 Å². The van der Waals surface area contributed by atoms with Crippen molar-refractivity contribution in [2.45, 2.75) is 248 Å². The zero-order valence-electron chi connectivity index (χ0n) is 43.1. The molecule has 72 heavy (non-hydrogen) atoms. The number of amides is 2. The maximum atomic E-state index is 13.9. The lowest BCUT2D eigenvalue weighted by Gasteiger charge is -2.45. The molecule has 1 aromatic rings. The van der Waals surface area contributed by atoms with E-state index in [1.165, 1.54) is 37.2 Å². The number of ether oxygens (including phenoxy) is 5. The molecule has 0 radical (unpaired) electrons. The molecule has 0 saturated carbocycles. The normalized spacial score (nSPS) is 25.1. The molecule has 0 aromatic carbocycles. The van der Waals surface area contributed by atoms with Gasteiger partial charge in [0.15, 0.2) is 18.3 Å². The number of hydrogen-bond acceptors (Lipinski definition) is 19. The third kappa shape index (κ3) is 23.2. The second-order valence-electron chi connectivity index (χ2n) is 19.2. The number of unbranched alkanes of at least 4 members (excludes halogenated alkanes) is 18. The molecule has 2 aliphatic heterocycles. The van der Waals surface area contributed by atoms with Crippen molar-refractivity contribution in [2.75, 3.05) is 36.6 Å². The Balaban J connectivity index is 1.69. The number of esters is 2. The lowest BCUT2D eigenvalue weighted by Crippen LogP contribution is -2.63. The van der Waals surface area contributed by atoms with E-state index >= 15 is 0 Å². The highest BCUT2D eigenvalue weighted by Crippen LogP contribution is 2.33. The van der Waals surface area contributed by atoms with Crippen LogP contribution in [-0.2, 0) is 42.9 Å². The van der Waals surface area contributed by atoms with Crippen LogP contribution in [0, 0.1) is 0 Å². The zero-order valence-corrected chi connectivity index (χ0v) is 43.9. The van der Waals surface area contributed by atoms with Crippen molar-refractivity contribution in [1.82, 2.24) is 20.3 Å². The number of aliphatic hydroxyl groups is 7. The Bertz CT molecular complexity index is 1650. The molecule has 2 fully saturated rings. The van der Waals surface area contributed by atoms with E-state index in [1.807, 2.05) is 0 Å². The van der Waals surface area contributed by atoms with Crippen LogP contribution < -0.4 is 10.6 Å². The van der Waals surface area contributed by atoms with Gasteiger partial charge in [-0.2, -0.15) is 11.8 Å². The molecule has 9 N–H and O–H groups in total. The van der Waals surface area contributed by atoms with Gasteiger partial charge in [0.05, 0.1) is 19.4 Å². The number of aromatic nitrogens is 3. The molecule has 3 heterocycles. The fourth-order valence-electron chi connectivity index (χ4n) is 8.54. The molecule has 22 heteroatoms. The molecule has 0 bridgehead atoms. The van der Waals surface area contributed by atoms with Crippen LogP contribution in [0.25, 0.3) is 0 Å². The van der Waals surface area contributed by atoms with E-state index < -0.39 is 98.6 Å². The van der Waals surface area contributed by atoms with Crippen LogP contribution in [0.2, 0.25) is 0 Å². The number of nitrogens with zero attached hydrogens (tertiary/aromatic N) is 3. The van der Waals surface area contributed by atoms with Crippen molar-refractivity contribution in [3.05, 3.63) is 6.20 Å². The molecular formula is C50H89N5O16S. The van der Waals surface area contributed by atoms with Gasteiger partial charge in [-0.15, -0.1) is 5.10 Å². The number of carbonyl (C=O) groups excluding carboxylic acids is 4. The van der Waals surface area contributed by atoms with E-state index in [2.05, 4.69) is 41.7 Å². The van der Waals surface area contributed by atoms with Gasteiger partial charge in [0, 0.05) is 30.8 Å². The summed E-state index contributed by atoms with van der Waals surface area (Å²) in [5.41, 5.74) is 0. The molecule has 12 atom stereocenters. The molecule has 3 rings (SSSR count). The van der Waals surface area contributed by atoms with Gasteiger partial charge in [0.2, 0.25) is 11.8 Å². The Kier molecular flexibility index (Phi) is 32.4. The Morgan fingerprint density at radius 3 is 1.76 bits per heavy atom. The van der Waals surface area contributed by atoms with Crippen LogP contribution in [0.5, 0.6) is 0 Å². The summed E-state index contributed by atoms with van der Waals surface area (Å²) >= 11 is 1.23. The average Bonchev–Trinajstić information content (AvgIpc) is 3.83. The summed E-state index contributed by atoms with van der Waals surface area (Å²) in [6.45, 7) is 4.80. The zero-order chi connectivity index (χ0) is 52.7. The third-order valence-electron chi connectivity index (χ3n) is 12.9. The maximum absolute atomic E-state index is 13.9. The van der Waals surface area contributed by atoms with Gasteiger partial charge in [0.25, 0.3) is 0 Å². The van der Waals surface area contributed by atoms with Gasteiger partial charge in [-0.1, -0.05) is 142 Å². The first-order valence-corrected chi connectivity index (χ1v) is 28.0. The van der Waals surface area contributed by atoms with E-state index in [9.17, 15) is 54.9 Å².